The van der Waals surface area contributed by atoms with Crippen LogP contribution in [0.3, 0.4) is 0 Å². The van der Waals surface area contributed by atoms with Crippen LogP contribution in [0.4, 0.5) is 5.69 Å². The Balaban J connectivity index is 1.88. The third-order valence-electron chi connectivity index (χ3n) is 3.66. The molecule has 1 aliphatic heterocycles. The number of benzene rings is 1. The van der Waals surface area contributed by atoms with Crippen LogP contribution >= 0.6 is 0 Å². The lowest BCUT2D eigenvalue weighted by Gasteiger charge is -2.21. The molecular formula is C16H16N2O3. The molecule has 0 saturated carbocycles. The van der Waals surface area contributed by atoms with E-state index in [4.69, 9.17) is 4.42 Å². The number of carbonyl (C=O) groups excluding carboxylic acids is 2. The lowest BCUT2D eigenvalue weighted by Crippen LogP contribution is -2.34. The van der Waals surface area contributed by atoms with Gasteiger partial charge in [-0.3, -0.25) is 9.59 Å². The van der Waals surface area contributed by atoms with Crippen LogP contribution in [0.5, 0.6) is 0 Å². The highest BCUT2D eigenvalue weighted by molar-refractivity contribution is 6.12. The van der Waals surface area contributed by atoms with Crippen LogP contribution in [0, 0.1) is 6.92 Å². The molecule has 5 heteroatoms. The van der Waals surface area contributed by atoms with Crippen molar-refractivity contribution < 1.29 is 14.0 Å². The van der Waals surface area contributed by atoms with Crippen molar-refractivity contribution in [2.75, 3.05) is 18.9 Å². The highest BCUT2D eigenvalue weighted by Crippen LogP contribution is 2.24. The molecule has 0 unspecified atom stereocenters. The molecule has 0 aliphatic carbocycles. The zero-order valence-electron chi connectivity index (χ0n) is 12.0. The van der Waals surface area contributed by atoms with Gasteiger partial charge in [-0.2, -0.15) is 0 Å². The van der Waals surface area contributed by atoms with Crippen molar-refractivity contribution in [2.24, 2.45) is 0 Å². The van der Waals surface area contributed by atoms with Crippen molar-refractivity contribution >= 4 is 17.5 Å². The summed E-state index contributed by atoms with van der Waals surface area (Å²) in [4.78, 5) is 26.1. The van der Waals surface area contributed by atoms with Gasteiger partial charge in [-0.15, -0.1) is 0 Å². The maximum Gasteiger partial charge on any atom is 0.259 e. The number of amides is 2. The predicted octanol–water partition coefficient (Wildman–Crippen LogP) is 2.47. The highest BCUT2D eigenvalue weighted by Gasteiger charge is 2.30. The fraction of sp³-hybridized carbons (Fsp3) is 0.250. The van der Waals surface area contributed by atoms with E-state index in [2.05, 4.69) is 5.32 Å². The van der Waals surface area contributed by atoms with Gasteiger partial charge in [-0.1, -0.05) is 17.7 Å². The van der Waals surface area contributed by atoms with Crippen molar-refractivity contribution in [1.82, 2.24) is 4.90 Å². The first-order valence-electron chi connectivity index (χ1n) is 6.80. The van der Waals surface area contributed by atoms with Gasteiger partial charge in [-0.05, 0) is 19.1 Å². The number of carbonyl (C=O) groups is 2. The van der Waals surface area contributed by atoms with Gasteiger partial charge in [0.25, 0.3) is 11.8 Å². The number of aryl methyl sites for hydroxylation is 1. The Morgan fingerprint density at radius 1 is 1.29 bits per heavy atom. The molecule has 1 aromatic carbocycles. The summed E-state index contributed by atoms with van der Waals surface area (Å²) in [7, 11) is 1.72. The molecule has 3 rings (SSSR count). The predicted molar refractivity (Wildman–Crippen MR) is 78.5 cm³/mol. The lowest BCUT2D eigenvalue weighted by atomic mass is 10.0. The van der Waals surface area contributed by atoms with Gasteiger partial charge in [0.05, 0.1) is 11.1 Å². The van der Waals surface area contributed by atoms with E-state index in [1.807, 2.05) is 31.2 Å². The van der Waals surface area contributed by atoms with Crippen molar-refractivity contribution in [2.45, 2.75) is 13.3 Å². The number of likely N-dealkylation sites (N-methyl/N-ethyl adjacent to an activating group) is 1. The van der Waals surface area contributed by atoms with E-state index in [1.54, 1.807) is 11.9 Å². The summed E-state index contributed by atoms with van der Waals surface area (Å²) in [5, 5.41) is 2.79. The normalized spacial score (nSPS) is 14.0. The molecule has 1 aromatic heterocycles. The monoisotopic (exact) mass is 284 g/mol. The summed E-state index contributed by atoms with van der Waals surface area (Å²) >= 11 is 0. The van der Waals surface area contributed by atoms with Crippen molar-refractivity contribution in [1.29, 1.82) is 0 Å². The molecule has 0 radical (unpaired) electrons. The van der Waals surface area contributed by atoms with Crippen LogP contribution in [0.1, 0.15) is 32.0 Å². The van der Waals surface area contributed by atoms with E-state index in [1.165, 1.54) is 6.26 Å². The smallest absolute Gasteiger partial charge is 0.259 e. The molecule has 0 saturated heterocycles. The van der Waals surface area contributed by atoms with Gasteiger partial charge in [0.1, 0.15) is 12.0 Å². The lowest BCUT2D eigenvalue weighted by molar-refractivity contribution is 0.0770. The second kappa shape index (κ2) is 5.09. The largest absolute Gasteiger partial charge is 0.468 e. The van der Waals surface area contributed by atoms with Crippen LogP contribution in [0.25, 0.3) is 0 Å². The van der Waals surface area contributed by atoms with Crippen LogP contribution in [-0.2, 0) is 6.42 Å². The molecule has 5 nitrogen and oxygen atoms in total. The third-order valence-corrected chi connectivity index (χ3v) is 3.66. The minimum absolute atomic E-state index is 0.168. The number of nitrogens with one attached hydrogen (secondary N) is 1. The molecule has 0 bridgehead atoms. The Bertz CT molecular complexity index is 701. The molecule has 108 valence electrons. The molecule has 0 atom stereocenters. The Labute approximate surface area is 122 Å². The molecule has 1 N–H and O–H groups in total. The minimum atomic E-state index is -0.326. The number of fused-ring (bicyclic) bond motifs is 1. The Morgan fingerprint density at radius 3 is 2.71 bits per heavy atom. The Kier molecular flexibility index (Phi) is 3.25. The number of anilines is 1. The summed E-state index contributed by atoms with van der Waals surface area (Å²) in [5.74, 6) is 0.0960. The van der Waals surface area contributed by atoms with Gasteiger partial charge in [0.2, 0.25) is 0 Å². The molecule has 1 aliphatic rings. The van der Waals surface area contributed by atoms with Crippen LogP contribution in [0.2, 0.25) is 0 Å². The quantitative estimate of drug-likeness (QED) is 0.921. The van der Waals surface area contributed by atoms with Gasteiger partial charge < -0.3 is 14.6 Å². The first-order valence-corrected chi connectivity index (χ1v) is 6.80. The first-order chi connectivity index (χ1) is 10.1. The molecular weight excluding hydrogens is 268 g/mol. The SMILES string of the molecule is Cc1ccc(NC(=O)c2coc3c2C(=O)N(C)CC3)cc1. The zero-order chi connectivity index (χ0) is 15.0. The molecule has 0 fully saturated rings. The van der Waals surface area contributed by atoms with Gasteiger partial charge in [0, 0.05) is 25.7 Å². The number of hydrogen-bond donors (Lipinski definition) is 1. The van der Waals surface area contributed by atoms with Crippen LogP contribution in [0.15, 0.2) is 34.9 Å². The average Bonchev–Trinajstić information content (AvgIpc) is 2.90. The second-order valence-electron chi connectivity index (χ2n) is 5.24. The van der Waals surface area contributed by atoms with Crippen molar-refractivity contribution in [3.8, 4) is 0 Å². The Morgan fingerprint density at radius 2 is 2.00 bits per heavy atom. The average molecular weight is 284 g/mol. The highest BCUT2D eigenvalue weighted by atomic mass is 16.3. The van der Waals surface area contributed by atoms with Crippen LogP contribution in [-0.4, -0.2) is 30.3 Å². The maximum absolute atomic E-state index is 12.3. The standard InChI is InChI=1S/C16H16N2O3/c1-10-3-5-11(6-4-10)17-15(19)12-9-21-13-7-8-18(2)16(20)14(12)13/h3-6,9H,7-8H2,1-2H3,(H,17,19). The van der Waals surface area contributed by atoms with Crippen molar-refractivity contribution in [3.05, 3.63) is 53.0 Å². The maximum atomic E-state index is 12.3. The van der Waals surface area contributed by atoms with E-state index in [0.717, 1.165) is 5.56 Å². The van der Waals surface area contributed by atoms with E-state index >= 15 is 0 Å². The molecule has 2 heterocycles. The topological polar surface area (TPSA) is 62.6 Å². The van der Waals surface area contributed by atoms with Gasteiger partial charge >= 0.3 is 0 Å². The van der Waals surface area contributed by atoms with E-state index in [0.29, 0.717) is 35.5 Å². The molecule has 0 spiro atoms. The number of nitrogens with zero attached hydrogens (tertiary/aromatic N) is 1. The zero-order valence-corrected chi connectivity index (χ0v) is 12.0. The number of hydrogen-bond acceptors (Lipinski definition) is 3. The fourth-order valence-corrected chi connectivity index (χ4v) is 2.38. The van der Waals surface area contributed by atoms with E-state index in [9.17, 15) is 9.59 Å². The summed E-state index contributed by atoms with van der Waals surface area (Å²) < 4.78 is 5.38. The summed E-state index contributed by atoms with van der Waals surface area (Å²) in [6.45, 7) is 2.59. The molecule has 2 amide bonds. The molecule has 21 heavy (non-hydrogen) atoms. The minimum Gasteiger partial charge on any atom is -0.468 e. The number of rotatable bonds is 2. The third kappa shape index (κ3) is 2.42. The van der Waals surface area contributed by atoms with E-state index in [-0.39, 0.29) is 11.8 Å². The van der Waals surface area contributed by atoms with Crippen molar-refractivity contribution in [3.63, 3.8) is 0 Å². The van der Waals surface area contributed by atoms with E-state index < -0.39 is 0 Å². The summed E-state index contributed by atoms with van der Waals surface area (Å²) in [5.41, 5.74) is 2.48. The number of furan rings is 1. The van der Waals surface area contributed by atoms with Crippen LogP contribution < -0.4 is 5.32 Å². The first kappa shape index (κ1) is 13.4. The second-order valence-corrected chi connectivity index (χ2v) is 5.24. The summed E-state index contributed by atoms with van der Waals surface area (Å²) in [6, 6.07) is 7.49. The molecule has 2 aromatic rings. The van der Waals surface area contributed by atoms with Gasteiger partial charge in [-0.25, -0.2) is 0 Å². The fourth-order valence-electron chi connectivity index (χ4n) is 2.38. The Hall–Kier alpha value is -2.56. The van der Waals surface area contributed by atoms with Gasteiger partial charge in [0.15, 0.2) is 0 Å². The summed E-state index contributed by atoms with van der Waals surface area (Å²) in [6.07, 6.45) is 2.00.